The van der Waals surface area contributed by atoms with Crippen LogP contribution in [-0.4, -0.2) is 26.4 Å². The Kier molecular flexibility index (Phi) is 7.72. The van der Waals surface area contributed by atoms with Crippen molar-refractivity contribution in [1.29, 1.82) is 0 Å². The third-order valence-corrected chi connectivity index (χ3v) is 5.07. The van der Waals surface area contributed by atoms with Gasteiger partial charge in [-0.05, 0) is 51.3 Å². The van der Waals surface area contributed by atoms with Gasteiger partial charge in [0, 0.05) is 18.5 Å². The quantitative estimate of drug-likeness (QED) is 0.725. The Hall–Kier alpha value is -1.40. The van der Waals surface area contributed by atoms with Gasteiger partial charge in [0.15, 0.2) is 0 Å². The minimum absolute atomic E-state index is 0.0316. The standard InChI is InChI=1S/C17H28N2O3S/c1-5-6-14(4)18-17(20)12-9-15-7-10-16(11-8-15)23(21,22)19-13(2)3/h7-8,10-11,13-14,19H,5-6,9,12H2,1-4H3,(H,18,20)/t14-/m0/s1. The predicted octanol–water partition coefficient (Wildman–Crippen LogP) is 2.61. The van der Waals surface area contributed by atoms with E-state index < -0.39 is 10.0 Å². The summed E-state index contributed by atoms with van der Waals surface area (Å²) in [6, 6.07) is 6.74. The topological polar surface area (TPSA) is 75.3 Å². The highest BCUT2D eigenvalue weighted by Gasteiger charge is 2.15. The zero-order valence-electron chi connectivity index (χ0n) is 14.4. The van der Waals surface area contributed by atoms with E-state index in [4.69, 9.17) is 0 Å². The molecule has 0 aromatic heterocycles. The van der Waals surface area contributed by atoms with Crippen molar-refractivity contribution in [3.8, 4) is 0 Å². The molecule has 5 nitrogen and oxygen atoms in total. The molecule has 1 aromatic carbocycles. The maximum atomic E-state index is 12.0. The Morgan fingerprint density at radius 3 is 2.26 bits per heavy atom. The lowest BCUT2D eigenvalue weighted by atomic mass is 10.1. The second-order valence-electron chi connectivity index (χ2n) is 6.18. The molecule has 6 heteroatoms. The lowest BCUT2D eigenvalue weighted by Gasteiger charge is -2.13. The van der Waals surface area contributed by atoms with E-state index in [0.29, 0.717) is 12.8 Å². The second kappa shape index (κ2) is 9.03. The Labute approximate surface area is 139 Å². The molecular weight excluding hydrogens is 312 g/mol. The van der Waals surface area contributed by atoms with Gasteiger partial charge in [0.05, 0.1) is 4.90 Å². The Balaban J connectivity index is 2.56. The molecule has 0 radical (unpaired) electrons. The number of carbonyl (C=O) groups excluding carboxylic acids is 1. The molecule has 0 aliphatic rings. The van der Waals surface area contributed by atoms with Crippen molar-refractivity contribution in [2.75, 3.05) is 0 Å². The van der Waals surface area contributed by atoms with Crippen molar-refractivity contribution < 1.29 is 13.2 Å². The summed E-state index contributed by atoms with van der Waals surface area (Å²) in [5.74, 6) is 0.0316. The molecule has 1 aromatic rings. The molecule has 0 fully saturated rings. The number of aryl methyl sites for hydroxylation is 1. The van der Waals surface area contributed by atoms with Crippen LogP contribution in [0, 0.1) is 0 Å². The number of nitrogens with one attached hydrogen (secondary N) is 2. The number of hydrogen-bond acceptors (Lipinski definition) is 3. The first kappa shape index (κ1) is 19.6. The van der Waals surface area contributed by atoms with E-state index in [9.17, 15) is 13.2 Å². The minimum Gasteiger partial charge on any atom is -0.354 e. The van der Waals surface area contributed by atoms with E-state index in [-0.39, 0.29) is 22.9 Å². The molecule has 0 bridgehead atoms. The highest BCUT2D eigenvalue weighted by molar-refractivity contribution is 7.89. The van der Waals surface area contributed by atoms with E-state index in [0.717, 1.165) is 18.4 Å². The maximum Gasteiger partial charge on any atom is 0.240 e. The van der Waals surface area contributed by atoms with E-state index in [1.165, 1.54) is 0 Å². The molecule has 130 valence electrons. The van der Waals surface area contributed by atoms with Crippen molar-refractivity contribution in [2.24, 2.45) is 0 Å². The fourth-order valence-electron chi connectivity index (χ4n) is 2.32. The summed E-state index contributed by atoms with van der Waals surface area (Å²) in [7, 11) is -3.46. The summed E-state index contributed by atoms with van der Waals surface area (Å²) in [4.78, 5) is 12.1. The van der Waals surface area contributed by atoms with Crippen molar-refractivity contribution in [3.63, 3.8) is 0 Å². The highest BCUT2D eigenvalue weighted by Crippen LogP contribution is 2.12. The molecule has 0 aliphatic carbocycles. The first-order chi connectivity index (χ1) is 10.7. The number of rotatable bonds is 9. The van der Waals surface area contributed by atoms with Gasteiger partial charge < -0.3 is 5.32 Å². The zero-order chi connectivity index (χ0) is 17.5. The van der Waals surface area contributed by atoms with Crippen molar-refractivity contribution in [2.45, 2.75) is 70.4 Å². The average Bonchev–Trinajstić information content (AvgIpc) is 2.44. The molecule has 23 heavy (non-hydrogen) atoms. The summed E-state index contributed by atoms with van der Waals surface area (Å²) in [5, 5.41) is 2.96. The molecule has 1 rings (SSSR count). The molecule has 0 heterocycles. The number of sulfonamides is 1. The Morgan fingerprint density at radius 1 is 1.13 bits per heavy atom. The second-order valence-corrected chi connectivity index (χ2v) is 7.89. The van der Waals surface area contributed by atoms with Gasteiger partial charge in [0.1, 0.15) is 0 Å². The van der Waals surface area contributed by atoms with Crippen LogP contribution in [0.25, 0.3) is 0 Å². The first-order valence-electron chi connectivity index (χ1n) is 8.15. The van der Waals surface area contributed by atoms with Crippen LogP contribution in [0.3, 0.4) is 0 Å². The van der Waals surface area contributed by atoms with Crippen molar-refractivity contribution in [1.82, 2.24) is 10.0 Å². The van der Waals surface area contributed by atoms with Crippen LogP contribution in [0.2, 0.25) is 0 Å². The van der Waals surface area contributed by atoms with Gasteiger partial charge in [0.25, 0.3) is 0 Å². The number of benzene rings is 1. The van der Waals surface area contributed by atoms with E-state index in [2.05, 4.69) is 17.0 Å². The molecule has 0 unspecified atom stereocenters. The van der Waals surface area contributed by atoms with Gasteiger partial charge in [-0.25, -0.2) is 13.1 Å². The summed E-state index contributed by atoms with van der Waals surface area (Å²) in [6.07, 6.45) is 3.02. The predicted molar refractivity (Wildman–Crippen MR) is 92.7 cm³/mol. The van der Waals surface area contributed by atoms with Crippen molar-refractivity contribution in [3.05, 3.63) is 29.8 Å². The summed E-state index contributed by atoms with van der Waals surface area (Å²) in [5.41, 5.74) is 0.951. The molecule has 0 aliphatic heterocycles. The molecule has 0 saturated heterocycles. The lowest BCUT2D eigenvalue weighted by molar-refractivity contribution is -0.121. The van der Waals surface area contributed by atoms with Gasteiger partial charge >= 0.3 is 0 Å². The zero-order valence-corrected chi connectivity index (χ0v) is 15.2. The average molecular weight is 340 g/mol. The smallest absolute Gasteiger partial charge is 0.240 e. The molecule has 1 amide bonds. The van der Waals surface area contributed by atoms with Crippen LogP contribution in [0.4, 0.5) is 0 Å². The Morgan fingerprint density at radius 2 is 1.74 bits per heavy atom. The van der Waals surface area contributed by atoms with E-state index in [1.807, 2.05) is 6.92 Å². The highest BCUT2D eigenvalue weighted by atomic mass is 32.2. The van der Waals surface area contributed by atoms with Gasteiger partial charge in [-0.15, -0.1) is 0 Å². The van der Waals surface area contributed by atoms with Crippen LogP contribution < -0.4 is 10.0 Å². The van der Waals surface area contributed by atoms with E-state index >= 15 is 0 Å². The number of hydrogen-bond donors (Lipinski definition) is 2. The lowest BCUT2D eigenvalue weighted by Crippen LogP contribution is -2.32. The summed E-state index contributed by atoms with van der Waals surface area (Å²) in [6.45, 7) is 7.66. The molecule has 0 saturated carbocycles. The third-order valence-electron chi connectivity index (χ3n) is 3.39. The van der Waals surface area contributed by atoms with Crippen LogP contribution in [-0.2, 0) is 21.2 Å². The largest absolute Gasteiger partial charge is 0.354 e. The Bertz CT molecular complexity index is 595. The molecule has 2 N–H and O–H groups in total. The third kappa shape index (κ3) is 7.14. The van der Waals surface area contributed by atoms with Gasteiger partial charge in [-0.3, -0.25) is 4.79 Å². The van der Waals surface area contributed by atoms with E-state index in [1.54, 1.807) is 38.1 Å². The normalized spacial score (nSPS) is 13.1. The van der Waals surface area contributed by atoms with Crippen LogP contribution in [0.5, 0.6) is 0 Å². The van der Waals surface area contributed by atoms with Gasteiger partial charge in [-0.1, -0.05) is 25.5 Å². The fourth-order valence-corrected chi connectivity index (χ4v) is 3.57. The van der Waals surface area contributed by atoms with Gasteiger partial charge in [0.2, 0.25) is 15.9 Å². The minimum atomic E-state index is -3.46. The monoisotopic (exact) mass is 340 g/mol. The molecule has 1 atom stereocenters. The maximum absolute atomic E-state index is 12.0. The van der Waals surface area contributed by atoms with Crippen LogP contribution >= 0.6 is 0 Å². The number of carbonyl (C=O) groups is 1. The van der Waals surface area contributed by atoms with Crippen LogP contribution in [0.1, 0.15) is 52.5 Å². The van der Waals surface area contributed by atoms with Crippen LogP contribution in [0.15, 0.2) is 29.2 Å². The summed E-state index contributed by atoms with van der Waals surface area (Å²) < 4.78 is 26.6. The fraction of sp³-hybridized carbons (Fsp3) is 0.588. The first-order valence-corrected chi connectivity index (χ1v) is 9.63. The van der Waals surface area contributed by atoms with Gasteiger partial charge in [-0.2, -0.15) is 0 Å². The SMILES string of the molecule is CCC[C@H](C)NC(=O)CCc1ccc(S(=O)(=O)NC(C)C)cc1. The molecular formula is C17H28N2O3S. The number of amides is 1. The summed E-state index contributed by atoms with van der Waals surface area (Å²) >= 11 is 0. The molecule has 0 spiro atoms. The van der Waals surface area contributed by atoms with Crippen molar-refractivity contribution >= 4 is 15.9 Å².